The molecule has 0 bridgehead atoms. The van der Waals surface area contributed by atoms with E-state index in [0.717, 1.165) is 17.7 Å². The summed E-state index contributed by atoms with van der Waals surface area (Å²) in [6, 6.07) is 7.73. The number of rotatable bonds is 5. The van der Waals surface area contributed by atoms with Gasteiger partial charge < -0.3 is 9.84 Å². The van der Waals surface area contributed by atoms with E-state index in [1.807, 2.05) is 45.0 Å². The van der Waals surface area contributed by atoms with Crippen LogP contribution in [0.25, 0.3) is 0 Å². The predicted octanol–water partition coefficient (Wildman–Crippen LogP) is 3.73. The summed E-state index contributed by atoms with van der Waals surface area (Å²) in [5.41, 5.74) is 0.187. The van der Waals surface area contributed by atoms with Gasteiger partial charge in [0.15, 0.2) is 0 Å². The van der Waals surface area contributed by atoms with Gasteiger partial charge in [0, 0.05) is 0 Å². The minimum atomic E-state index is -0.759. The molecule has 1 aromatic carbocycles. The first-order valence-corrected chi connectivity index (χ1v) is 6.31. The highest BCUT2D eigenvalue weighted by atomic mass is 16.5. The number of ether oxygens (including phenoxy) is 1. The van der Waals surface area contributed by atoms with Crippen molar-refractivity contribution < 1.29 is 9.84 Å². The van der Waals surface area contributed by atoms with E-state index in [2.05, 4.69) is 13.8 Å². The second kappa shape index (κ2) is 5.54. The molecule has 96 valence electrons. The summed E-state index contributed by atoms with van der Waals surface area (Å²) in [5, 5.41) is 10.4. The molecule has 0 aliphatic rings. The van der Waals surface area contributed by atoms with Gasteiger partial charge in [-0.3, -0.25) is 0 Å². The van der Waals surface area contributed by atoms with E-state index in [9.17, 15) is 5.11 Å². The van der Waals surface area contributed by atoms with Crippen molar-refractivity contribution in [3.63, 3.8) is 0 Å². The second-order valence-electron chi connectivity index (χ2n) is 5.56. The molecule has 2 heteroatoms. The lowest BCUT2D eigenvalue weighted by Gasteiger charge is -2.26. The van der Waals surface area contributed by atoms with Crippen molar-refractivity contribution in [1.82, 2.24) is 0 Å². The quantitative estimate of drug-likeness (QED) is 0.844. The lowest BCUT2D eigenvalue weighted by molar-refractivity contribution is 0.0348. The molecule has 0 amide bonds. The van der Waals surface area contributed by atoms with Crippen LogP contribution < -0.4 is 4.74 Å². The van der Waals surface area contributed by atoms with Crippen molar-refractivity contribution in [2.45, 2.75) is 52.7 Å². The third kappa shape index (κ3) is 4.39. The summed E-state index contributed by atoms with van der Waals surface area (Å²) >= 11 is 0. The SMILES string of the molecule is CC(C)CC(C)(O)c1ccc(OC(C)C)cc1. The number of hydrogen-bond acceptors (Lipinski definition) is 2. The van der Waals surface area contributed by atoms with E-state index in [1.165, 1.54) is 0 Å². The third-order valence-electron chi connectivity index (χ3n) is 2.65. The zero-order chi connectivity index (χ0) is 13.1. The summed E-state index contributed by atoms with van der Waals surface area (Å²) in [6.07, 6.45) is 0.939. The van der Waals surface area contributed by atoms with Crippen molar-refractivity contribution in [2.24, 2.45) is 5.92 Å². The van der Waals surface area contributed by atoms with Crippen molar-refractivity contribution in [2.75, 3.05) is 0 Å². The van der Waals surface area contributed by atoms with Crippen LogP contribution in [-0.2, 0) is 5.60 Å². The van der Waals surface area contributed by atoms with Crippen LogP contribution in [0.2, 0.25) is 0 Å². The highest BCUT2D eigenvalue weighted by Crippen LogP contribution is 2.29. The van der Waals surface area contributed by atoms with Gasteiger partial charge in [-0.15, -0.1) is 0 Å². The van der Waals surface area contributed by atoms with Gasteiger partial charge in [0.1, 0.15) is 5.75 Å². The van der Waals surface area contributed by atoms with Crippen molar-refractivity contribution >= 4 is 0 Å². The Bertz CT molecular complexity index is 336. The predicted molar refractivity (Wildman–Crippen MR) is 71.2 cm³/mol. The Morgan fingerprint density at radius 3 is 2.06 bits per heavy atom. The molecule has 0 spiro atoms. The molecule has 0 aliphatic heterocycles. The summed E-state index contributed by atoms with van der Waals surface area (Å²) in [4.78, 5) is 0. The first kappa shape index (κ1) is 14.0. The fourth-order valence-electron chi connectivity index (χ4n) is 2.08. The molecule has 2 nitrogen and oxygen atoms in total. The Morgan fingerprint density at radius 2 is 1.65 bits per heavy atom. The van der Waals surface area contributed by atoms with Gasteiger partial charge in [-0.05, 0) is 50.8 Å². The molecule has 0 saturated heterocycles. The molecule has 1 rings (SSSR count). The summed E-state index contributed by atoms with van der Waals surface area (Å²) in [5.74, 6) is 1.32. The van der Waals surface area contributed by atoms with E-state index < -0.39 is 5.60 Å². The molecule has 0 saturated carbocycles. The van der Waals surface area contributed by atoms with Crippen LogP contribution in [-0.4, -0.2) is 11.2 Å². The van der Waals surface area contributed by atoms with Gasteiger partial charge in [-0.25, -0.2) is 0 Å². The smallest absolute Gasteiger partial charge is 0.119 e. The lowest BCUT2D eigenvalue weighted by atomic mass is 9.87. The van der Waals surface area contributed by atoms with Crippen LogP contribution in [0.1, 0.15) is 46.6 Å². The van der Waals surface area contributed by atoms with E-state index >= 15 is 0 Å². The van der Waals surface area contributed by atoms with Crippen molar-refractivity contribution in [3.05, 3.63) is 29.8 Å². The fraction of sp³-hybridized carbons (Fsp3) is 0.600. The third-order valence-corrected chi connectivity index (χ3v) is 2.65. The molecular formula is C15H24O2. The largest absolute Gasteiger partial charge is 0.491 e. The van der Waals surface area contributed by atoms with Crippen LogP contribution >= 0.6 is 0 Å². The molecule has 0 fully saturated rings. The average molecular weight is 236 g/mol. The Labute approximate surface area is 105 Å². The number of benzene rings is 1. The number of aliphatic hydroxyl groups is 1. The fourth-order valence-corrected chi connectivity index (χ4v) is 2.08. The molecule has 1 unspecified atom stereocenters. The van der Waals surface area contributed by atoms with Gasteiger partial charge in [-0.1, -0.05) is 26.0 Å². The van der Waals surface area contributed by atoms with Crippen LogP contribution in [0, 0.1) is 5.92 Å². The van der Waals surface area contributed by atoms with Gasteiger partial charge in [0.05, 0.1) is 11.7 Å². The molecular weight excluding hydrogens is 212 g/mol. The summed E-state index contributed by atoms with van der Waals surface area (Å²) < 4.78 is 5.58. The van der Waals surface area contributed by atoms with E-state index in [1.54, 1.807) is 0 Å². The van der Waals surface area contributed by atoms with Crippen LogP contribution in [0.5, 0.6) is 5.75 Å². The van der Waals surface area contributed by atoms with Gasteiger partial charge in [0.2, 0.25) is 0 Å². The highest BCUT2D eigenvalue weighted by Gasteiger charge is 2.24. The average Bonchev–Trinajstić information content (AvgIpc) is 2.15. The Balaban J connectivity index is 2.79. The summed E-state index contributed by atoms with van der Waals surface area (Å²) in [6.45, 7) is 10.1. The maximum atomic E-state index is 10.4. The Hall–Kier alpha value is -1.02. The Kier molecular flexibility index (Phi) is 4.58. The van der Waals surface area contributed by atoms with Crippen LogP contribution in [0.3, 0.4) is 0 Å². The monoisotopic (exact) mass is 236 g/mol. The minimum absolute atomic E-state index is 0.178. The molecule has 0 aromatic heterocycles. The van der Waals surface area contributed by atoms with E-state index in [0.29, 0.717) is 5.92 Å². The highest BCUT2D eigenvalue weighted by molar-refractivity contribution is 5.30. The normalized spacial score (nSPS) is 15.1. The van der Waals surface area contributed by atoms with Gasteiger partial charge in [-0.2, -0.15) is 0 Å². The maximum absolute atomic E-state index is 10.4. The second-order valence-corrected chi connectivity index (χ2v) is 5.56. The van der Waals surface area contributed by atoms with Gasteiger partial charge >= 0.3 is 0 Å². The van der Waals surface area contributed by atoms with Crippen molar-refractivity contribution in [3.8, 4) is 5.75 Å². The first-order valence-electron chi connectivity index (χ1n) is 6.31. The minimum Gasteiger partial charge on any atom is -0.491 e. The van der Waals surface area contributed by atoms with Crippen LogP contribution in [0.4, 0.5) is 0 Å². The van der Waals surface area contributed by atoms with Crippen molar-refractivity contribution in [1.29, 1.82) is 0 Å². The molecule has 1 atom stereocenters. The molecule has 0 heterocycles. The lowest BCUT2D eigenvalue weighted by Crippen LogP contribution is -2.23. The molecule has 0 radical (unpaired) electrons. The first-order chi connectivity index (χ1) is 7.81. The van der Waals surface area contributed by atoms with Crippen LogP contribution in [0.15, 0.2) is 24.3 Å². The maximum Gasteiger partial charge on any atom is 0.119 e. The molecule has 17 heavy (non-hydrogen) atoms. The van der Waals surface area contributed by atoms with E-state index in [4.69, 9.17) is 4.74 Å². The zero-order valence-electron chi connectivity index (χ0n) is 11.5. The molecule has 1 N–H and O–H groups in total. The zero-order valence-corrected chi connectivity index (χ0v) is 11.5. The Morgan fingerprint density at radius 1 is 1.12 bits per heavy atom. The topological polar surface area (TPSA) is 29.5 Å². The molecule has 0 aliphatic carbocycles. The molecule has 1 aromatic rings. The van der Waals surface area contributed by atoms with Gasteiger partial charge in [0.25, 0.3) is 0 Å². The number of hydrogen-bond donors (Lipinski definition) is 1. The summed E-state index contributed by atoms with van der Waals surface area (Å²) in [7, 11) is 0. The van der Waals surface area contributed by atoms with E-state index in [-0.39, 0.29) is 6.10 Å². The standard InChI is InChI=1S/C15H24O2/c1-11(2)10-15(5,16)13-6-8-14(9-7-13)17-12(3)4/h6-9,11-12,16H,10H2,1-5H3.